The van der Waals surface area contributed by atoms with Crippen molar-refractivity contribution in [3.05, 3.63) is 56.4 Å². The molecule has 1 aromatic heterocycles. The molecule has 6 heteroatoms. The largest absolute Gasteiger partial charge is 0.478 e. The van der Waals surface area contributed by atoms with Gasteiger partial charge < -0.3 is 10.4 Å². The number of halogens is 2. The Labute approximate surface area is 129 Å². The van der Waals surface area contributed by atoms with Gasteiger partial charge in [0.05, 0.1) is 28.5 Å². The van der Waals surface area contributed by atoms with Crippen LogP contribution in [0.25, 0.3) is 0 Å². The third-order valence-electron chi connectivity index (χ3n) is 2.50. The molecule has 0 saturated carbocycles. The van der Waals surface area contributed by atoms with E-state index in [-0.39, 0.29) is 5.56 Å². The molecule has 2 rings (SSSR count). The van der Waals surface area contributed by atoms with Gasteiger partial charge in [-0.25, -0.2) is 4.79 Å². The maximum absolute atomic E-state index is 11.0. The molecule has 0 aliphatic heterocycles. The fraction of sp³-hybridized carbons (Fsp3) is 0.0769. The maximum Gasteiger partial charge on any atom is 0.337 e. The molecule has 1 heterocycles. The quantitative estimate of drug-likeness (QED) is 0.785. The summed E-state index contributed by atoms with van der Waals surface area (Å²) in [4.78, 5) is 15.1. The lowest BCUT2D eigenvalue weighted by atomic mass is 10.2. The first kappa shape index (κ1) is 14.1. The number of carboxylic acid groups (broad SMARTS) is 1. The van der Waals surface area contributed by atoms with Crippen molar-refractivity contribution in [2.24, 2.45) is 0 Å². The lowest BCUT2D eigenvalue weighted by Crippen LogP contribution is -2.09. The molecule has 2 N–H and O–H groups in total. The van der Waals surface area contributed by atoms with Crippen molar-refractivity contribution in [1.29, 1.82) is 0 Å². The molecule has 98 valence electrons. The molecule has 0 saturated heterocycles. The van der Waals surface area contributed by atoms with Crippen molar-refractivity contribution in [3.8, 4) is 0 Å². The van der Waals surface area contributed by atoms with E-state index < -0.39 is 5.97 Å². The highest BCUT2D eigenvalue weighted by molar-refractivity contribution is 14.1. The van der Waals surface area contributed by atoms with Gasteiger partial charge >= 0.3 is 5.97 Å². The summed E-state index contributed by atoms with van der Waals surface area (Å²) >= 11 is 8.27. The summed E-state index contributed by atoms with van der Waals surface area (Å²) in [6.07, 6.45) is 1.57. The van der Waals surface area contributed by atoms with Gasteiger partial charge in [0.2, 0.25) is 0 Å². The van der Waals surface area contributed by atoms with Gasteiger partial charge in [-0.05, 0) is 52.9 Å². The van der Waals surface area contributed by atoms with E-state index in [0.29, 0.717) is 17.3 Å². The number of anilines is 1. The van der Waals surface area contributed by atoms with Crippen LogP contribution in [0, 0.1) is 3.57 Å². The van der Waals surface area contributed by atoms with Crippen molar-refractivity contribution in [1.82, 2.24) is 4.98 Å². The van der Waals surface area contributed by atoms with Gasteiger partial charge in [0.15, 0.2) is 0 Å². The predicted molar refractivity (Wildman–Crippen MR) is 82.7 cm³/mol. The van der Waals surface area contributed by atoms with E-state index in [9.17, 15) is 4.79 Å². The van der Waals surface area contributed by atoms with Crippen LogP contribution in [-0.4, -0.2) is 16.1 Å². The molecule has 0 fully saturated rings. The molecular formula is C13H10ClIN2O2. The molecule has 4 nitrogen and oxygen atoms in total. The molecule has 0 amide bonds. The van der Waals surface area contributed by atoms with E-state index in [0.717, 1.165) is 9.26 Å². The number of rotatable bonds is 4. The highest BCUT2D eigenvalue weighted by Gasteiger charge is 2.10. The number of nitrogens with zero attached hydrogens (tertiary/aromatic N) is 1. The first-order valence-corrected chi connectivity index (χ1v) is 6.89. The number of hydrogen-bond donors (Lipinski definition) is 2. The van der Waals surface area contributed by atoms with Crippen LogP contribution in [-0.2, 0) is 6.54 Å². The molecular weight excluding hydrogens is 379 g/mol. The summed E-state index contributed by atoms with van der Waals surface area (Å²) in [7, 11) is 0. The van der Waals surface area contributed by atoms with Crippen LogP contribution in [0.5, 0.6) is 0 Å². The van der Waals surface area contributed by atoms with Crippen molar-refractivity contribution >= 4 is 45.8 Å². The fourth-order valence-electron chi connectivity index (χ4n) is 1.59. The minimum absolute atomic E-state index is 0.191. The third kappa shape index (κ3) is 3.57. The van der Waals surface area contributed by atoms with Crippen LogP contribution in [0.4, 0.5) is 5.69 Å². The number of aromatic carboxylic acids is 1. The first-order chi connectivity index (χ1) is 9.08. The van der Waals surface area contributed by atoms with Gasteiger partial charge in [-0.2, -0.15) is 0 Å². The fourth-order valence-corrected chi connectivity index (χ4v) is 2.51. The Bertz CT molecular complexity index is 619. The van der Waals surface area contributed by atoms with E-state index >= 15 is 0 Å². The molecule has 0 bridgehead atoms. The average molecular weight is 389 g/mol. The van der Waals surface area contributed by atoms with Gasteiger partial charge in [0, 0.05) is 9.77 Å². The summed E-state index contributed by atoms with van der Waals surface area (Å²) in [5, 5.41) is 12.7. The third-order valence-corrected chi connectivity index (χ3v) is 3.48. The zero-order valence-corrected chi connectivity index (χ0v) is 12.6. The first-order valence-electron chi connectivity index (χ1n) is 5.44. The molecule has 1 aromatic carbocycles. The monoisotopic (exact) mass is 388 g/mol. The van der Waals surface area contributed by atoms with E-state index in [1.165, 1.54) is 6.07 Å². The van der Waals surface area contributed by atoms with Crippen LogP contribution in [0.1, 0.15) is 16.1 Å². The van der Waals surface area contributed by atoms with Crippen LogP contribution in [0.15, 0.2) is 36.5 Å². The minimum Gasteiger partial charge on any atom is -0.478 e. The second-order valence-corrected chi connectivity index (χ2v) is 5.43. The number of carbonyl (C=O) groups is 1. The number of carboxylic acids is 1. The van der Waals surface area contributed by atoms with Crippen molar-refractivity contribution in [2.75, 3.05) is 5.32 Å². The lowest BCUT2D eigenvalue weighted by Gasteiger charge is -2.09. The second kappa shape index (κ2) is 6.21. The molecule has 0 aliphatic carbocycles. The normalized spacial score (nSPS) is 10.2. The standard InChI is InChI=1S/C13H10ClIN2O2/c14-10-6-8(15)3-4-11(10)17-7-12-9(13(18)19)2-1-5-16-12/h1-6,17H,7H2,(H,18,19). The van der Waals surface area contributed by atoms with Crippen molar-refractivity contribution in [2.45, 2.75) is 6.54 Å². The number of pyridine rings is 1. The maximum atomic E-state index is 11.0. The highest BCUT2D eigenvalue weighted by atomic mass is 127. The summed E-state index contributed by atoms with van der Waals surface area (Å²) in [5.74, 6) is -0.987. The Hall–Kier alpha value is -1.34. The Kier molecular flexibility index (Phi) is 4.60. The zero-order valence-electron chi connectivity index (χ0n) is 9.73. The highest BCUT2D eigenvalue weighted by Crippen LogP contribution is 2.24. The average Bonchev–Trinajstić information content (AvgIpc) is 2.38. The summed E-state index contributed by atoms with van der Waals surface area (Å²) < 4.78 is 1.04. The Morgan fingerprint density at radius 3 is 2.89 bits per heavy atom. The van der Waals surface area contributed by atoms with Gasteiger partial charge in [0.1, 0.15) is 0 Å². The van der Waals surface area contributed by atoms with Gasteiger partial charge in [-0.3, -0.25) is 4.98 Å². The van der Waals surface area contributed by atoms with E-state index in [1.54, 1.807) is 12.3 Å². The van der Waals surface area contributed by atoms with Gasteiger partial charge in [0.25, 0.3) is 0 Å². The Morgan fingerprint density at radius 2 is 2.21 bits per heavy atom. The van der Waals surface area contributed by atoms with E-state index in [4.69, 9.17) is 16.7 Å². The van der Waals surface area contributed by atoms with E-state index in [2.05, 4.69) is 32.9 Å². The second-order valence-electron chi connectivity index (χ2n) is 3.78. The van der Waals surface area contributed by atoms with Crippen LogP contribution >= 0.6 is 34.2 Å². The Morgan fingerprint density at radius 1 is 1.42 bits per heavy atom. The number of aromatic nitrogens is 1. The van der Waals surface area contributed by atoms with Gasteiger partial charge in [-0.1, -0.05) is 11.6 Å². The van der Waals surface area contributed by atoms with Gasteiger partial charge in [-0.15, -0.1) is 0 Å². The van der Waals surface area contributed by atoms with Crippen molar-refractivity contribution < 1.29 is 9.90 Å². The molecule has 0 spiro atoms. The molecule has 0 unspecified atom stereocenters. The van der Waals surface area contributed by atoms with E-state index in [1.807, 2.05) is 18.2 Å². The van der Waals surface area contributed by atoms with Crippen molar-refractivity contribution in [3.63, 3.8) is 0 Å². The predicted octanol–water partition coefficient (Wildman–Crippen LogP) is 3.65. The molecule has 0 aliphatic rings. The summed E-state index contributed by atoms with van der Waals surface area (Å²) in [6.45, 7) is 0.308. The topological polar surface area (TPSA) is 62.2 Å². The minimum atomic E-state index is -0.987. The van der Waals surface area contributed by atoms with Crippen LogP contribution in [0.2, 0.25) is 5.02 Å². The number of nitrogens with one attached hydrogen (secondary N) is 1. The van der Waals surface area contributed by atoms with Crippen LogP contribution in [0.3, 0.4) is 0 Å². The SMILES string of the molecule is O=C(O)c1cccnc1CNc1ccc(I)cc1Cl. The van der Waals surface area contributed by atoms with Crippen LogP contribution < -0.4 is 5.32 Å². The summed E-state index contributed by atoms with van der Waals surface area (Å²) in [6, 6.07) is 8.74. The zero-order chi connectivity index (χ0) is 13.8. The Balaban J connectivity index is 2.17. The molecule has 2 aromatic rings. The lowest BCUT2D eigenvalue weighted by molar-refractivity contribution is 0.0695. The number of hydrogen-bond acceptors (Lipinski definition) is 3. The molecule has 0 radical (unpaired) electrons. The smallest absolute Gasteiger partial charge is 0.337 e. The summed E-state index contributed by atoms with van der Waals surface area (Å²) in [5.41, 5.74) is 1.42. The molecule has 19 heavy (non-hydrogen) atoms. The molecule has 0 atom stereocenters. The number of benzene rings is 1.